The first-order chi connectivity index (χ1) is 17.8. The standard InChI is InChI=1S/C35H73P/c1-4-7-9-11-13-15-17-19-21-23-25-27-29-31-34-36(33-6-3)35-32-30-28-26-24-22-20-18-16-14-12-10-8-5-2/h4-35H2,1-3H3. The van der Waals surface area contributed by atoms with Crippen LogP contribution < -0.4 is 0 Å². The third-order valence-electron chi connectivity index (χ3n) is 8.20. The predicted molar refractivity (Wildman–Crippen MR) is 172 cm³/mol. The zero-order valence-electron chi connectivity index (χ0n) is 26.1. The molecule has 0 rings (SSSR count). The zero-order chi connectivity index (χ0) is 26.2. The minimum absolute atomic E-state index is 0.358. The normalized spacial score (nSPS) is 11.7. The highest BCUT2D eigenvalue weighted by Crippen LogP contribution is 2.38. The van der Waals surface area contributed by atoms with Crippen molar-refractivity contribution in [1.82, 2.24) is 0 Å². The van der Waals surface area contributed by atoms with E-state index in [0.717, 1.165) is 0 Å². The van der Waals surface area contributed by atoms with E-state index in [-0.39, 0.29) is 0 Å². The quantitative estimate of drug-likeness (QED) is 0.0606. The Morgan fingerprint density at radius 2 is 0.444 bits per heavy atom. The molecule has 0 heterocycles. The second-order valence-electron chi connectivity index (χ2n) is 12.0. The smallest absolute Gasteiger partial charge is 0.0326 e. The van der Waals surface area contributed by atoms with Gasteiger partial charge in [0.2, 0.25) is 0 Å². The summed E-state index contributed by atoms with van der Waals surface area (Å²) in [7, 11) is 0.358. The maximum atomic E-state index is 2.41. The van der Waals surface area contributed by atoms with Gasteiger partial charge in [0.25, 0.3) is 0 Å². The van der Waals surface area contributed by atoms with Gasteiger partial charge in [-0.2, -0.15) is 0 Å². The maximum absolute atomic E-state index is 2.41. The second-order valence-corrected chi connectivity index (χ2v) is 14.7. The molecule has 0 aromatic rings. The van der Waals surface area contributed by atoms with E-state index in [2.05, 4.69) is 20.8 Å². The highest BCUT2D eigenvalue weighted by Gasteiger charge is 2.06. The van der Waals surface area contributed by atoms with Crippen LogP contribution in [0.25, 0.3) is 0 Å². The Balaban J connectivity index is 3.37. The van der Waals surface area contributed by atoms with Crippen LogP contribution in [0.4, 0.5) is 0 Å². The molecule has 0 fully saturated rings. The first-order valence-corrected chi connectivity index (χ1v) is 19.5. The fourth-order valence-electron chi connectivity index (χ4n) is 5.71. The summed E-state index contributed by atoms with van der Waals surface area (Å²) in [6.07, 6.45) is 47.7. The lowest BCUT2D eigenvalue weighted by atomic mass is 10.0. The molecule has 1 heteroatoms. The molecule has 0 aromatic carbocycles. The molecule has 0 saturated carbocycles. The number of unbranched alkanes of at least 4 members (excludes halogenated alkanes) is 26. The summed E-state index contributed by atoms with van der Waals surface area (Å²) in [5.41, 5.74) is 0. The molecule has 0 saturated heterocycles. The molecule has 36 heavy (non-hydrogen) atoms. The topological polar surface area (TPSA) is 0 Å². The van der Waals surface area contributed by atoms with Gasteiger partial charge in [0.05, 0.1) is 0 Å². The van der Waals surface area contributed by atoms with E-state index in [4.69, 9.17) is 0 Å². The molecule has 0 spiro atoms. The summed E-state index contributed by atoms with van der Waals surface area (Å²) in [5.74, 6) is 0. The van der Waals surface area contributed by atoms with E-state index in [1.807, 2.05) is 0 Å². The maximum Gasteiger partial charge on any atom is -0.0326 e. The van der Waals surface area contributed by atoms with Gasteiger partial charge in [0, 0.05) is 0 Å². The summed E-state index contributed by atoms with van der Waals surface area (Å²) in [4.78, 5) is 0. The molecule has 0 aliphatic heterocycles. The fraction of sp³-hybridized carbons (Fsp3) is 1.00. The molecule has 0 aliphatic carbocycles. The van der Waals surface area contributed by atoms with Crippen molar-refractivity contribution in [2.24, 2.45) is 0 Å². The molecule has 0 N–H and O–H groups in total. The van der Waals surface area contributed by atoms with Gasteiger partial charge in [0.1, 0.15) is 0 Å². The average molecular weight is 525 g/mol. The Morgan fingerprint density at radius 3 is 0.667 bits per heavy atom. The van der Waals surface area contributed by atoms with E-state index < -0.39 is 0 Å². The lowest BCUT2D eigenvalue weighted by molar-refractivity contribution is 0.538. The van der Waals surface area contributed by atoms with Crippen molar-refractivity contribution in [2.75, 3.05) is 18.5 Å². The molecule has 0 aromatic heterocycles. The highest BCUT2D eigenvalue weighted by atomic mass is 31.1. The number of rotatable bonds is 32. The molecular formula is C35H73P. The first kappa shape index (κ1) is 36.4. The molecule has 0 atom stereocenters. The molecular weight excluding hydrogens is 451 g/mol. The van der Waals surface area contributed by atoms with Crippen LogP contribution in [0.15, 0.2) is 0 Å². The zero-order valence-corrected chi connectivity index (χ0v) is 27.0. The van der Waals surface area contributed by atoms with Gasteiger partial charge in [-0.3, -0.25) is 0 Å². The van der Waals surface area contributed by atoms with Crippen LogP contribution in [-0.2, 0) is 0 Å². The van der Waals surface area contributed by atoms with Crippen LogP contribution in [0.2, 0.25) is 0 Å². The van der Waals surface area contributed by atoms with Crippen molar-refractivity contribution < 1.29 is 0 Å². The lowest BCUT2D eigenvalue weighted by Gasteiger charge is -2.17. The Hall–Kier alpha value is 0.430. The summed E-state index contributed by atoms with van der Waals surface area (Å²) in [6, 6.07) is 0. The average Bonchev–Trinajstić information content (AvgIpc) is 2.89. The minimum Gasteiger partial charge on any atom is -0.107 e. The molecule has 0 unspecified atom stereocenters. The third-order valence-corrected chi connectivity index (χ3v) is 11.2. The van der Waals surface area contributed by atoms with Crippen LogP contribution >= 0.6 is 7.92 Å². The first-order valence-electron chi connectivity index (χ1n) is 17.6. The monoisotopic (exact) mass is 525 g/mol. The summed E-state index contributed by atoms with van der Waals surface area (Å²) < 4.78 is 0. The fourth-order valence-corrected chi connectivity index (χ4v) is 8.36. The molecule has 0 radical (unpaired) electrons. The minimum atomic E-state index is 0.358. The van der Waals surface area contributed by atoms with Gasteiger partial charge >= 0.3 is 0 Å². The Labute approximate surface area is 233 Å². The van der Waals surface area contributed by atoms with E-state index in [0.29, 0.717) is 7.92 Å². The van der Waals surface area contributed by atoms with E-state index >= 15 is 0 Å². The summed E-state index contributed by atoms with van der Waals surface area (Å²) in [5, 5.41) is 0. The van der Waals surface area contributed by atoms with Crippen molar-refractivity contribution in [2.45, 2.75) is 207 Å². The molecule has 0 amide bonds. The number of hydrogen-bond acceptors (Lipinski definition) is 0. The van der Waals surface area contributed by atoms with Gasteiger partial charge in [0.15, 0.2) is 0 Å². The van der Waals surface area contributed by atoms with Crippen LogP contribution in [-0.4, -0.2) is 18.5 Å². The van der Waals surface area contributed by atoms with Gasteiger partial charge in [-0.15, -0.1) is 7.92 Å². The van der Waals surface area contributed by atoms with Crippen LogP contribution in [0.5, 0.6) is 0 Å². The largest absolute Gasteiger partial charge is 0.107 e. The molecule has 0 nitrogen and oxygen atoms in total. The SMILES string of the molecule is CCCCCCCCCCCCCCCCP(CCC)CCCCCCCCCCCCCCCC. The van der Waals surface area contributed by atoms with Crippen molar-refractivity contribution in [3.05, 3.63) is 0 Å². The van der Waals surface area contributed by atoms with Crippen molar-refractivity contribution >= 4 is 7.92 Å². The van der Waals surface area contributed by atoms with Crippen LogP contribution in [0.3, 0.4) is 0 Å². The predicted octanol–water partition coefficient (Wildman–Crippen LogP) is 13.8. The van der Waals surface area contributed by atoms with Gasteiger partial charge in [-0.05, 0) is 31.3 Å². The van der Waals surface area contributed by atoms with E-state index in [1.54, 1.807) is 18.5 Å². The second kappa shape index (κ2) is 33.5. The molecule has 0 bridgehead atoms. The van der Waals surface area contributed by atoms with Crippen LogP contribution in [0, 0.1) is 0 Å². The van der Waals surface area contributed by atoms with E-state index in [9.17, 15) is 0 Å². The Bertz CT molecular complexity index is 334. The molecule has 218 valence electrons. The van der Waals surface area contributed by atoms with Gasteiger partial charge in [-0.25, -0.2) is 0 Å². The number of hydrogen-bond donors (Lipinski definition) is 0. The van der Waals surface area contributed by atoms with Crippen LogP contribution in [0.1, 0.15) is 207 Å². The molecule has 0 aliphatic rings. The lowest BCUT2D eigenvalue weighted by Crippen LogP contribution is -1.96. The summed E-state index contributed by atoms with van der Waals surface area (Å²) >= 11 is 0. The van der Waals surface area contributed by atoms with Crippen molar-refractivity contribution in [3.8, 4) is 0 Å². The Kier molecular flexibility index (Phi) is 33.9. The van der Waals surface area contributed by atoms with E-state index in [1.165, 1.54) is 186 Å². The Morgan fingerprint density at radius 1 is 0.222 bits per heavy atom. The van der Waals surface area contributed by atoms with Crippen molar-refractivity contribution in [1.29, 1.82) is 0 Å². The summed E-state index contributed by atoms with van der Waals surface area (Å²) in [6.45, 7) is 7.03. The van der Waals surface area contributed by atoms with Gasteiger partial charge in [-0.1, -0.05) is 194 Å². The van der Waals surface area contributed by atoms with Gasteiger partial charge < -0.3 is 0 Å². The van der Waals surface area contributed by atoms with Crippen molar-refractivity contribution in [3.63, 3.8) is 0 Å². The highest BCUT2D eigenvalue weighted by molar-refractivity contribution is 7.57. The third kappa shape index (κ3) is 30.7.